The first-order valence-electron chi connectivity index (χ1n) is 11.3. The average Bonchev–Trinajstić information content (AvgIpc) is 3.49. The molecule has 2 amide bonds. The number of H-pyrrole nitrogens is 1. The first-order valence-corrected chi connectivity index (χ1v) is 13.0. The van der Waals surface area contributed by atoms with Gasteiger partial charge in [-0.15, -0.1) is 11.8 Å². The van der Waals surface area contributed by atoms with Gasteiger partial charge in [-0.05, 0) is 35.7 Å². The number of imide groups is 1. The van der Waals surface area contributed by atoms with E-state index in [1.54, 1.807) is 25.6 Å². The van der Waals surface area contributed by atoms with Crippen LogP contribution in [0, 0.1) is 35.5 Å². The molecule has 6 rings (SSSR count). The molecule has 7 nitrogen and oxygen atoms in total. The van der Waals surface area contributed by atoms with E-state index in [1.807, 2.05) is 18.2 Å². The van der Waals surface area contributed by atoms with Crippen LogP contribution in [0.2, 0.25) is 0 Å². The fourth-order valence-electron chi connectivity index (χ4n) is 7.04. The Hall–Kier alpha value is -2.39. The van der Waals surface area contributed by atoms with Gasteiger partial charge in [-0.3, -0.25) is 19.3 Å². The minimum atomic E-state index is -1.13. The molecule has 2 aromatic rings. The Morgan fingerprint density at radius 2 is 1.76 bits per heavy atom. The number of benzene rings is 1. The number of carbonyl (C=O) groups is 3. The van der Waals surface area contributed by atoms with E-state index in [2.05, 4.69) is 17.1 Å². The second-order valence-electron chi connectivity index (χ2n) is 9.94. The van der Waals surface area contributed by atoms with Gasteiger partial charge in [0.15, 0.2) is 0 Å². The summed E-state index contributed by atoms with van der Waals surface area (Å²) in [6, 6.07) is 8.95. The standard InChI is InChI=1S/C24H24N2O5S2/c1-9(2)17(23(29)30)26-21(27)15-11-8-12(16(15)22(26)28)18-14(11)13(10-6-4-3-5-7-10)19-20(32-18)25-24(31)33-19/h3-7,9,11-18H,8H2,1-2H3,(H,25,31)(H,29,30)/t11-,12+,13+,14+,15+,16+,17-,18-/m1/s1. The lowest BCUT2D eigenvalue weighted by Gasteiger charge is -2.43. The second kappa shape index (κ2) is 7.30. The van der Waals surface area contributed by atoms with Gasteiger partial charge >= 0.3 is 10.8 Å². The van der Waals surface area contributed by atoms with E-state index in [4.69, 9.17) is 0 Å². The molecule has 8 atom stereocenters. The molecule has 0 radical (unpaired) electrons. The number of carboxylic acid groups (broad SMARTS) is 1. The number of nitrogens with one attached hydrogen (secondary N) is 1. The summed E-state index contributed by atoms with van der Waals surface area (Å²) in [5.74, 6) is -2.94. The molecule has 33 heavy (non-hydrogen) atoms. The van der Waals surface area contributed by atoms with Crippen molar-refractivity contribution in [1.29, 1.82) is 0 Å². The number of aromatic nitrogens is 1. The zero-order chi connectivity index (χ0) is 23.2. The molecular formula is C24H24N2O5S2. The van der Waals surface area contributed by atoms with E-state index in [9.17, 15) is 24.3 Å². The number of aromatic amines is 1. The number of fused-ring (bicyclic) bond motifs is 9. The molecule has 2 aliphatic heterocycles. The van der Waals surface area contributed by atoms with E-state index in [0.717, 1.165) is 26.8 Å². The normalized spacial score (nSPS) is 35.0. The van der Waals surface area contributed by atoms with Gasteiger partial charge in [-0.2, -0.15) is 0 Å². The van der Waals surface area contributed by atoms with Crippen molar-refractivity contribution in [3.63, 3.8) is 0 Å². The topological polar surface area (TPSA) is 108 Å². The Labute approximate surface area is 198 Å². The molecule has 2 saturated carbocycles. The first kappa shape index (κ1) is 21.2. The highest BCUT2D eigenvalue weighted by Crippen LogP contribution is 2.68. The van der Waals surface area contributed by atoms with Crippen LogP contribution in [0.1, 0.15) is 36.6 Å². The van der Waals surface area contributed by atoms with Gasteiger partial charge in [0, 0.05) is 16.0 Å². The van der Waals surface area contributed by atoms with Gasteiger partial charge in [0.1, 0.15) is 6.04 Å². The number of amides is 2. The van der Waals surface area contributed by atoms with Crippen LogP contribution in [0.5, 0.6) is 0 Å². The van der Waals surface area contributed by atoms with Crippen molar-refractivity contribution in [3.05, 3.63) is 50.4 Å². The lowest BCUT2D eigenvalue weighted by Crippen LogP contribution is -2.49. The maximum atomic E-state index is 13.6. The molecule has 2 N–H and O–H groups in total. The summed E-state index contributed by atoms with van der Waals surface area (Å²) in [6.45, 7) is 3.47. The van der Waals surface area contributed by atoms with Crippen LogP contribution in [-0.2, 0) is 14.4 Å². The van der Waals surface area contributed by atoms with E-state index in [0.29, 0.717) is 0 Å². The summed E-state index contributed by atoms with van der Waals surface area (Å²) < 4.78 is 0. The molecule has 172 valence electrons. The van der Waals surface area contributed by atoms with Crippen LogP contribution in [0.15, 0.2) is 40.2 Å². The van der Waals surface area contributed by atoms with Crippen LogP contribution < -0.4 is 4.87 Å². The second-order valence-corrected chi connectivity index (χ2v) is 12.1. The van der Waals surface area contributed by atoms with Gasteiger partial charge in [-0.1, -0.05) is 55.5 Å². The van der Waals surface area contributed by atoms with Crippen molar-refractivity contribution in [2.75, 3.05) is 0 Å². The van der Waals surface area contributed by atoms with Crippen LogP contribution in [0.4, 0.5) is 0 Å². The molecule has 4 aliphatic rings. The van der Waals surface area contributed by atoms with E-state index in [-0.39, 0.29) is 51.5 Å². The number of rotatable bonds is 4. The Kier molecular flexibility index (Phi) is 4.68. The fourth-order valence-corrected chi connectivity index (χ4v) is 9.93. The predicted molar refractivity (Wildman–Crippen MR) is 123 cm³/mol. The number of hydrogen-bond donors (Lipinski definition) is 2. The minimum absolute atomic E-state index is 0.000761. The van der Waals surface area contributed by atoms with Crippen LogP contribution >= 0.6 is 23.1 Å². The predicted octanol–water partition coefficient (Wildman–Crippen LogP) is 3.02. The van der Waals surface area contributed by atoms with E-state index >= 15 is 0 Å². The molecule has 9 heteroatoms. The van der Waals surface area contributed by atoms with Crippen LogP contribution in [-0.4, -0.2) is 44.1 Å². The van der Waals surface area contributed by atoms with Crippen LogP contribution in [0.3, 0.4) is 0 Å². The SMILES string of the molecule is CC(C)[C@H](C(=O)O)N1C(=O)[C@H]2[C@@H]3C[C@@H]([C@@H]2C1=O)[C@H]1[C@H](c2ccccc2)c2sc(=O)[nH]c2S[C@H]31. The van der Waals surface area contributed by atoms with Gasteiger partial charge in [-0.25, -0.2) is 4.79 Å². The molecule has 2 bridgehead atoms. The van der Waals surface area contributed by atoms with Gasteiger partial charge in [0.2, 0.25) is 11.8 Å². The summed E-state index contributed by atoms with van der Waals surface area (Å²) in [7, 11) is 0. The summed E-state index contributed by atoms with van der Waals surface area (Å²) >= 11 is 2.88. The number of thiazole rings is 1. The summed E-state index contributed by atoms with van der Waals surface area (Å²) in [5.41, 5.74) is 1.12. The number of thioether (sulfide) groups is 1. The Morgan fingerprint density at radius 3 is 2.39 bits per heavy atom. The van der Waals surface area contributed by atoms with Gasteiger partial charge in [0.05, 0.1) is 16.9 Å². The number of hydrogen-bond acceptors (Lipinski definition) is 6. The molecule has 3 fully saturated rings. The van der Waals surface area contributed by atoms with Crippen LogP contribution in [0.25, 0.3) is 0 Å². The first-order chi connectivity index (χ1) is 15.8. The lowest BCUT2D eigenvalue weighted by atomic mass is 9.68. The molecule has 0 unspecified atom stereocenters. The van der Waals surface area contributed by atoms with Crippen molar-refractivity contribution >= 4 is 40.9 Å². The third-order valence-electron chi connectivity index (χ3n) is 8.08. The number of carboxylic acids is 1. The zero-order valence-electron chi connectivity index (χ0n) is 18.1. The number of aliphatic carboxylic acids is 1. The highest BCUT2D eigenvalue weighted by Gasteiger charge is 2.70. The lowest BCUT2D eigenvalue weighted by molar-refractivity contribution is -0.157. The highest BCUT2D eigenvalue weighted by atomic mass is 32.2. The maximum absolute atomic E-state index is 13.6. The quantitative estimate of drug-likeness (QED) is 0.646. The number of carbonyl (C=O) groups excluding carboxylic acids is 2. The highest BCUT2D eigenvalue weighted by molar-refractivity contribution is 8.00. The van der Waals surface area contributed by atoms with Gasteiger partial charge < -0.3 is 10.1 Å². The summed E-state index contributed by atoms with van der Waals surface area (Å²) in [5, 5.41) is 10.8. The molecule has 0 spiro atoms. The van der Waals surface area contributed by atoms with Crippen molar-refractivity contribution in [1.82, 2.24) is 9.88 Å². The Morgan fingerprint density at radius 1 is 1.09 bits per heavy atom. The molecular weight excluding hydrogens is 460 g/mol. The van der Waals surface area contributed by atoms with E-state index < -0.39 is 23.8 Å². The number of nitrogens with zero attached hydrogens (tertiary/aromatic N) is 1. The third-order valence-corrected chi connectivity index (χ3v) is 10.7. The fraction of sp³-hybridized carbons (Fsp3) is 0.500. The van der Waals surface area contributed by atoms with Crippen molar-refractivity contribution in [2.45, 2.75) is 42.5 Å². The van der Waals surface area contributed by atoms with Crippen molar-refractivity contribution in [3.8, 4) is 0 Å². The smallest absolute Gasteiger partial charge is 0.327 e. The molecule has 2 aliphatic carbocycles. The molecule has 1 saturated heterocycles. The third kappa shape index (κ3) is 2.81. The molecule has 1 aromatic carbocycles. The summed E-state index contributed by atoms with van der Waals surface area (Å²) in [6.07, 6.45) is 0.797. The van der Waals surface area contributed by atoms with Crippen molar-refractivity contribution in [2.24, 2.45) is 35.5 Å². The van der Waals surface area contributed by atoms with E-state index in [1.165, 1.54) is 11.3 Å². The largest absolute Gasteiger partial charge is 0.480 e. The monoisotopic (exact) mass is 484 g/mol. The minimum Gasteiger partial charge on any atom is -0.480 e. The maximum Gasteiger partial charge on any atom is 0.327 e. The van der Waals surface area contributed by atoms with Gasteiger partial charge in [0.25, 0.3) is 0 Å². The molecule has 1 aromatic heterocycles. The Bertz CT molecular complexity index is 1220. The number of likely N-dealkylation sites (tertiary alicyclic amines) is 1. The Balaban J connectivity index is 1.44. The van der Waals surface area contributed by atoms with Crippen molar-refractivity contribution < 1.29 is 19.5 Å². The summed E-state index contributed by atoms with van der Waals surface area (Å²) in [4.78, 5) is 56.3. The average molecular weight is 485 g/mol. The zero-order valence-corrected chi connectivity index (χ0v) is 19.8. The molecule has 3 heterocycles.